The van der Waals surface area contributed by atoms with E-state index >= 15 is 0 Å². The molecule has 1 heterocycles. The summed E-state index contributed by atoms with van der Waals surface area (Å²) >= 11 is 0. The molecular weight excluding hydrogens is 198 g/mol. The highest BCUT2D eigenvalue weighted by molar-refractivity contribution is 6.03. The van der Waals surface area contributed by atoms with Crippen molar-refractivity contribution in [1.82, 2.24) is 15.1 Å². The van der Waals surface area contributed by atoms with Gasteiger partial charge in [0.25, 0.3) is 0 Å². The average molecular weight is 213 g/mol. The maximum atomic E-state index is 11.7. The Kier molecular flexibility index (Phi) is 3.28. The van der Waals surface area contributed by atoms with Crippen LogP contribution in [0.3, 0.4) is 0 Å². The van der Waals surface area contributed by atoms with Crippen LogP contribution in [-0.2, 0) is 9.59 Å². The molecule has 0 aliphatic carbocycles. The standard InChI is InChI=1S/C9H15N3O3/c1-4-6-8(14)10-7(13)5-12(6)9(15)11(2)3/h6H,4-5H2,1-3H3,(H,10,13,14). The summed E-state index contributed by atoms with van der Waals surface area (Å²) in [4.78, 5) is 36.9. The molecule has 0 aromatic heterocycles. The second-order valence-corrected chi connectivity index (χ2v) is 3.64. The minimum Gasteiger partial charge on any atom is -0.331 e. The normalized spacial score (nSPS) is 21.3. The van der Waals surface area contributed by atoms with Crippen LogP contribution in [0, 0.1) is 0 Å². The van der Waals surface area contributed by atoms with E-state index in [9.17, 15) is 14.4 Å². The van der Waals surface area contributed by atoms with E-state index < -0.39 is 17.9 Å². The van der Waals surface area contributed by atoms with Gasteiger partial charge in [0.15, 0.2) is 0 Å². The molecular formula is C9H15N3O3. The van der Waals surface area contributed by atoms with Crippen molar-refractivity contribution < 1.29 is 14.4 Å². The maximum absolute atomic E-state index is 11.7. The van der Waals surface area contributed by atoms with E-state index in [0.717, 1.165) is 0 Å². The zero-order valence-corrected chi connectivity index (χ0v) is 9.11. The van der Waals surface area contributed by atoms with Crippen LogP contribution in [0.2, 0.25) is 0 Å². The van der Waals surface area contributed by atoms with Crippen molar-refractivity contribution in [1.29, 1.82) is 0 Å². The molecule has 6 heteroatoms. The monoisotopic (exact) mass is 213 g/mol. The van der Waals surface area contributed by atoms with E-state index in [1.54, 1.807) is 21.0 Å². The van der Waals surface area contributed by atoms with Gasteiger partial charge >= 0.3 is 6.03 Å². The third-order valence-corrected chi connectivity index (χ3v) is 2.27. The molecule has 0 radical (unpaired) electrons. The summed E-state index contributed by atoms with van der Waals surface area (Å²) in [6.07, 6.45) is 0.499. The fraction of sp³-hybridized carbons (Fsp3) is 0.667. The summed E-state index contributed by atoms with van der Waals surface area (Å²) in [6, 6.07) is -0.859. The van der Waals surface area contributed by atoms with E-state index in [2.05, 4.69) is 5.32 Å². The number of urea groups is 1. The summed E-state index contributed by atoms with van der Waals surface area (Å²) in [5.74, 6) is -0.830. The number of carbonyl (C=O) groups excluding carboxylic acids is 3. The lowest BCUT2D eigenvalue weighted by atomic mass is 10.1. The lowest BCUT2D eigenvalue weighted by molar-refractivity contribution is -0.138. The van der Waals surface area contributed by atoms with E-state index in [1.165, 1.54) is 9.80 Å². The van der Waals surface area contributed by atoms with Gasteiger partial charge in [-0.25, -0.2) is 4.79 Å². The molecule has 1 aliphatic heterocycles. The minimum atomic E-state index is -0.544. The molecule has 1 aliphatic rings. The Morgan fingerprint density at radius 3 is 2.60 bits per heavy atom. The lowest BCUT2D eigenvalue weighted by Gasteiger charge is -2.34. The lowest BCUT2D eigenvalue weighted by Crippen LogP contribution is -2.61. The first-order valence-corrected chi connectivity index (χ1v) is 4.79. The van der Waals surface area contributed by atoms with Crippen molar-refractivity contribution in [3.05, 3.63) is 0 Å². The Hall–Kier alpha value is -1.59. The van der Waals surface area contributed by atoms with Crippen LogP contribution < -0.4 is 5.32 Å². The number of rotatable bonds is 1. The topological polar surface area (TPSA) is 69.7 Å². The predicted octanol–water partition coefficient (Wildman–Crippen LogP) is -0.595. The van der Waals surface area contributed by atoms with Crippen molar-refractivity contribution in [3.8, 4) is 0 Å². The fourth-order valence-electron chi connectivity index (χ4n) is 1.53. The molecule has 1 N–H and O–H groups in total. The number of nitrogens with zero attached hydrogens (tertiary/aromatic N) is 2. The summed E-state index contributed by atoms with van der Waals surface area (Å²) < 4.78 is 0. The van der Waals surface area contributed by atoms with Crippen LogP contribution in [0.15, 0.2) is 0 Å². The summed E-state index contributed by atoms with van der Waals surface area (Å²) in [5.41, 5.74) is 0. The summed E-state index contributed by atoms with van der Waals surface area (Å²) in [5, 5.41) is 2.21. The third-order valence-electron chi connectivity index (χ3n) is 2.27. The highest BCUT2D eigenvalue weighted by atomic mass is 16.2. The van der Waals surface area contributed by atoms with Crippen LogP contribution in [0.1, 0.15) is 13.3 Å². The first-order valence-electron chi connectivity index (χ1n) is 4.79. The van der Waals surface area contributed by atoms with Gasteiger partial charge in [0.1, 0.15) is 12.6 Å². The highest BCUT2D eigenvalue weighted by Crippen LogP contribution is 2.10. The molecule has 4 amide bonds. The molecule has 0 spiro atoms. The second kappa shape index (κ2) is 4.29. The Bertz CT molecular complexity index is 301. The Morgan fingerprint density at radius 1 is 1.53 bits per heavy atom. The van der Waals surface area contributed by atoms with Gasteiger partial charge in [-0.1, -0.05) is 6.92 Å². The molecule has 6 nitrogen and oxygen atoms in total. The van der Waals surface area contributed by atoms with Crippen LogP contribution in [0.5, 0.6) is 0 Å². The van der Waals surface area contributed by atoms with E-state index in [4.69, 9.17) is 0 Å². The van der Waals surface area contributed by atoms with Crippen LogP contribution in [-0.4, -0.2) is 54.3 Å². The number of hydrogen-bond donors (Lipinski definition) is 1. The van der Waals surface area contributed by atoms with Crippen molar-refractivity contribution in [2.24, 2.45) is 0 Å². The van der Waals surface area contributed by atoms with Gasteiger partial charge in [-0.3, -0.25) is 14.9 Å². The number of piperazine rings is 1. The Labute approximate surface area is 88.2 Å². The molecule has 0 aromatic rings. The smallest absolute Gasteiger partial charge is 0.320 e. The van der Waals surface area contributed by atoms with Gasteiger partial charge in [-0.15, -0.1) is 0 Å². The maximum Gasteiger partial charge on any atom is 0.320 e. The van der Waals surface area contributed by atoms with Gasteiger partial charge in [0.05, 0.1) is 0 Å². The Balaban J connectivity index is 2.87. The number of amides is 4. The molecule has 1 rings (SSSR count). The molecule has 1 saturated heterocycles. The molecule has 1 fully saturated rings. The van der Waals surface area contributed by atoms with E-state index in [1.807, 2.05) is 0 Å². The summed E-state index contributed by atoms with van der Waals surface area (Å²) in [6.45, 7) is 1.75. The van der Waals surface area contributed by atoms with Crippen molar-refractivity contribution >= 4 is 17.8 Å². The zero-order chi connectivity index (χ0) is 11.6. The first-order chi connectivity index (χ1) is 6.97. The van der Waals surface area contributed by atoms with Crippen molar-refractivity contribution in [3.63, 3.8) is 0 Å². The quantitative estimate of drug-likeness (QED) is 0.592. The highest BCUT2D eigenvalue weighted by Gasteiger charge is 2.35. The number of imide groups is 1. The number of carbonyl (C=O) groups is 3. The number of hydrogen-bond acceptors (Lipinski definition) is 3. The number of nitrogens with one attached hydrogen (secondary N) is 1. The molecule has 0 aromatic carbocycles. The van der Waals surface area contributed by atoms with Gasteiger partial charge < -0.3 is 9.80 Å². The third kappa shape index (κ3) is 2.26. The molecule has 1 atom stereocenters. The largest absolute Gasteiger partial charge is 0.331 e. The van der Waals surface area contributed by atoms with Crippen molar-refractivity contribution in [2.45, 2.75) is 19.4 Å². The minimum absolute atomic E-state index is 0.0543. The second-order valence-electron chi connectivity index (χ2n) is 3.64. The Morgan fingerprint density at radius 2 is 2.13 bits per heavy atom. The van der Waals surface area contributed by atoms with E-state index in [-0.39, 0.29) is 12.6 Å². The van der Waals surface area contributed by atoms with Crippen LogP contribution >= 0.6 is 0 Å². The summed E-state index contributed by atoms with van der Waals surface area (Å²) in [7, 11) is 3.18. The fourth-order valence-corrected chi connectivity index (χ4v) is 1.53. The molecule has 0 saturated carbocycles. The average Bonchev–Trinajstić information content (AvgIpc) is 2.15. The van der Waals surface area contributed by atoms with Crippen LogP contribution in [0.25, 0.3) is 0 Å². The molecule has 84 valence electrons. The molecule has 15 heavy (non-hydrogen) atoms. The molecule has 0 bridgehead atoms. The first kappa shape index (κ1) is 11.5. The van der Waals surface area contributed by atoms with Gasteiger partial charge in [-0.2, -0.15) is 0 Å². The van der Waals surface area contributed by atoms with Crippen molar-refractivity contribution in [2.75, 3.05) is 20.6 Å². The zero-order valence-electron chi connectivity index (χ0n) is 9.11. The molecule has 1 unspecified atom stereocenters. The van der Waals surface area contributed by atoms with Gasteiger partial charge in [-0.05, 0) is 6.42 Å². The predicted molar refractivity (Wildman–Crippen MR) is 53.0 cm³/mol. The van der Waals surface area contributed by atoms with Gasteiger partial charge in [0.2, 0.25) is 11.8 Å². The van der Waals surface area contributed by atoms with Crippen LogP contribution in [0.4, 0.5) is 4.79 Å². The van der Waals surface area contributed by atoms with E-state index in [0.29, 0.717) is 6.42 Å². The van der Waals surface area contributed by atoms with Gasteiger partial charge in [0, 0.05) is 14.1 Å². The SMILES string of the molecule is CCC1C(=O)NC(=O)CN1C(=O)N(C)C.